The summed E-state index contributed by atoms with van der Waals surface area (Å²) >= 11 is 0. The molecule has 1 aromatic heterocycles. The monoisotopic (exact) mass is 245 g/mol. The second-order valence-electron chi connectivity index (χ2n) is 4.52. The molecule has 0 spiro atoms. The van der Waals surface area contributed by atoms with Gasteiger partial charge in [0.15, 0.2) is 0 Å². The molecule has 3 N–H and O–H groups in total. The standard InChI is InChI=1S/C14H19N3O/c1-11(17-10-14-15-8-9-16-14)2-3-12-4-6-13(18)7-5-12/h4-9,11,17-18H,2-3,10H2,1H3,(H,15,16). The van der Waals surface area contributed by atoms with Crippen LogP contribution in [0.15, 0.2) is 36.7 Å². The molecule has 0 bridgehead atoms. The highest BCUT2D eigenvalue weighted by Gasteiger charge is 2.03. The number of imidazole rings is 1. The van der Waals surface area contributed by atoms with Crippen LogP contribution in [-0.4, -0.2) is 21.1 Å². The van der Waals surface area contributed by atoms with Crippen LogP contribution in [0.1, 0.15) is 24.7 Å². The van der Waals surface area contributed by atoms with E-state index in [1.54, 1.807) is 18.3 Å². The van der Waals surface area contributed by atoms with Crippen LogP contribution in [0.3, 0.4) is 0 Å². The lowest BCUT2D eigenvalue weighted by atomic mass is 10.1. The number of phenols is 1. The second-order valence-corrected chi connectivity index (χ2v) is 4.52. The van der Waals surface area contributed by atoms with Crippen molar-refractivity contribution in [3.63, 3.8) is 0 Å². The number of aromatic hydroxyl groups is 1. The van der Waals surface area contributed by atoms with Crippen LogP contribution >= 0.6 is 0 Å². The maximum Gasteiger partial charge on any atom is 0.120 e. The molecule has 2 aromatic rings. The number of aryl methyl sites for hydroxylation is 1. The zero-order chi connectivity index (χ0) is 12.8. The number of aromatic nitrogens is 2. The summed E-state index contributed by atoms with van der Waals surface area (Å²) in [5.74, 6) is 1.29. The average Bonchev–Trinajstić information content (AvgIpc) is 2.89. The summed E-state index contributed by atoms with van der Waals surface area (Å²) in [6, 6.07) is 7.83. The van der Waals surface area contributed by atoms with E-state index in [-0.39, 0.29) is 0 Å². The molecule has 0 saturated heterocycles. The lowest BCUT2D eigenvalue weighted by molar-refractivity contribution is 0.474. The smallest absolute Gasteiger partial charge is 0.120 e. The van der Waals surface area contributed by atoms with Crippen LogP contribution in [0, 0.1) is 0 Å². The van der Waals surface area contributed by atoms with E-state index in [9.17, 15) is 5.11 Å². The van der Waals surface area contributed by atoms with Crippen molar-refractivity contribution in [3.05, 3.63) is 48.0 Å². The van der Waals surface area contributed by atoms with Gasteiger partial charge in [0.1, 0.15) is 11.6 Å². The molecular weight excluding hydrogens is 226 g/mol. The van der Waals surface area contributed by atoms with Gasteiger partial charge in [0, 0.05) is 18.4 Å². The Morgan fingerprint density at radius 2 is 2.11 bits per heavy atom. The summed E-state index contributed by atoms with van der Waals surface area (Å²) in [5.41, 5.74) is 1.25. The Morgan fingerprint density at radius 1 is 1.33 bits per heavy atom. The van der Waals surface area contributed by atoms with Crippen molar-refractivity contribution in [2.75, 3.05) is 0 Å². The first-order chi connectivity index (χ1) is 8.74. The third kappa shape index (κ3) is 3.89. The predicted molar refractivity (Wildman–Crippen MR) is 71.3 cm³/mol. The van der Waals surface area contributed by atoms with Gasteiger partial charge in [-0.25, -0.2) is 4.98 Å². The molecule has 1 aromatic carbocycles. The molecule has 1 unspecified atom stereocenters. The summed E-state index contributed by atoms with van der Waals surface area (Å²) in [5, 5.41) is 12.6. The van der Waals surface area contributed by atoms with Crippen molar-refractivity contribution in [1.82, 2.24) is 15.3 Å². The Balaban J connectivity index is 1.71. The number of hydrogen-bond donors (Lipinski definition) is 3. The van der Waals surface area contributed by atoms with Crippen molar-refractivity contribution in [2.24, 2.45) is 0 Å². The van der Waals surface area contributed by atoms with Gasteiger partial charge in [-0.2, -0.15) is 0 Å². The van der Waals surface area contributed by atoms with Crippen molar-refractivity contribution < 1.29 is 5.11 Å². The number of benzene rings is 1. The summed E-state index contributed by atoms with van der Waals surface area (Å²) in [6.45, 7) is 2.94. The maximum absolute atomic E-state index is 9.20. The van der Waals surface area contributed by atoms with E-state index in [0.29, 0.717) is 11.8 Å². The van der Waals surface area contributed by atoms with Gasteiger partial charge in [-0.05, 0) is 37.5 Å². The third-order valence-corrected chi connectivity index (χ3v) is 2.98. The molecule has 96 valence electrons. The number of rotatable bonds is 6. The summed E-state index contributed by atoms with van der Waals surface area (Å²) in [7, 11) is 0. The van der Waals surface area contributed by atoms with E-state index in [0.717, 1.165) is 25.2 Å². The number of nitrogens with zero attached hydrogens (tertiary/aromatic N) is 1. The number of phenolic OH excluding ortho intramolecular Hbond substituents is 1. The number of aromatic amines is 1. The van der Waals surface area contributed by atoms with Gasteiger partial charge in [-0.15, -0.1) is 0 Å². The van der Waals surface area contributed by atoms with E-state index in [2.05, 4.69) is 22.2 Å². The minimum atomic E-state index is 0.322. The van der Waals surface area contributed by atoms with E-state index in [4.69, 9.17) is 0 Å². The highest BCUT2D eigenvalue weighted by atomic mass is 16.3. The highest BCUT2D eigenvalue weighted by Crippen LogP contribution is 2.11. The van der Waals surface area contributed by atoms with E-state index < -0.39 is 0 Å². The molecule has 0 aliphatic heterocycles. The maximum atomic E-state index is 9.20. The molecule has 4 nitrogen and oxygen atoms in total. The molecule has 2 rings (SSSR count). The Morgan fingerprint density at radius 3 is 2.78 bits per heavy atom. The highest BCUT2D eigenvalue weighted by molar-refractivity contribution is 5.25. The molecule has 0 amide bonds. The average molecular weight is 245 g/mol. The molecule has 0 aliphatic rings. The minimum Gasteiger partial charge on any atom is -0.508 e. The fourth-order valence-electron chi connectivity index (χ4n) is 1.81. The fourth-order valence-corrected chi connectivity index (χ4v) is 1.81. The molecule has 1 atom stereocenters. The SMILES string of the molecule is CC(CCc1ccc(O)cc1)NCc1ncc[nH]1. The van der Waals surface area contributed by atoms with Crippen molar-refractivity contribution in [2.45, 2.75) is 32.4 Å². The van der Waals surface area contributed by atoms with Crippen LogP contribution in [0.25, 0.3) is 0 Å². The lowest BCUT2D eigenvalue weighted by Gasteiger charge is -2.12. The van der Waals surface area contributed by atoms with Crippen LogP contribution in [0.4, 0.5) is 0 Å². The van der Waals surface area contributed by atoms with Gasteiger partial charge in [-0.1, -0.05) is 12.1 Å². The van der Waals surface area contributed by atoms with Crippen LogP contribution < -0.4 is 5.32 Å². The van der Waals surface area contributed by atoms with Gasteiger partial charge in [0.25, 0.3) is 0 Å². The molecule has 0 saturated carbocycles. The first-order valence-electron chi connectivity index (χ1n) is 6.23. The largest absolute Gasteiger partial charge is 0.508 e. The Labute approximate surface area is 107 Å². The van der Waals surface area contributed by atoms with E-state index in [1.807, 2.05) is 18.3 Å². The molecule has 18 heavy (non-hydrogen) atoms. The Bertz CT molecular complexity index is 450. The van der Waals surface area contributed by atoms with Gasteiger partial charge in [0.05, 0.1) is 6.54 Å². The second kappa shape index (κ2) is 6.21. The van der Waals surface area contributed by atoms with Gasteiger partial charge >= 0.3 is 0 Å². The number of H-pyrrole nitrogens is 1. The molecule has 4 heteroatoms. The Kier molecular flexibility index (Phi) is 4.36. The van der Waals surface area contributed by atoms with Gasteiger partial charge in [0.2, 0.25) is 0 Å². The number of nitrogens with one attached hydrogen (secondary N) is 2. The van der Waals surface area contributed by atoms with Gasteiger partial charge < -0.3 is 15.4 Å². The van der Waals surface area contributed by atoms with Crippen molar-refractivity contribution in [3.8, 4) is 5.75 Å². The van der Waals surface area contributed by atoms with Gasteiger partial charge in [-0.3, -0.25) is 0 Å². The molecule has 0 aliphatic carbocycles. The zero-order valence-electron chi connectivity index (χ0n) is 10.6. The lowest BCUT2D eigenvalue weighted by Crippen LogP contribution is -2.26. The summed E-state index contributed by atoms with van der Waals surface area (Å²) in [4.78, 5) is 7.24. The van der Waals surface area contributed by atoms with E-state index >= 15 is 0 Å². The first kappa shape index (κ1) is 12.6. The molecule has 0 radical (unpaired) electrons. The first-order valence-corrected chi connectivity index (χ1v) is 6.23. The Hall–Kier alpha value is -1.81. The molecule has 1 heterocycles. The predicted octanol–water partition coefficient (Wildman–Crippen LogP) is 2.23. The fraction of sp³-hybridized carbons (Fsp3) is 0.357. The summed E-state index contributed by atoms with van der Waals surface area (Å²) < 4.78 is 0. The molecular formula is C14H19N3O. The minimum absolute atomic E-state index is 0.322. The summed E-state index contributed by atoms with van der Waals surface area (Å²) in [6.07, 6.45) is 5.66. The topological polar surface area (TPSA) is 60.9 Å². The van der Waals surface area contributed by atoms with E-state index in [1.165, 1.54) is 5.56 Å². The quantitative estimate of drug-likeness (QED) is 0.731. The van der Waals surface area contributed by atoms with Crippen LogP contribution in [0.2, 0.25) is 0 Å². The van der Waals surface area contributed by atoms with Crippen molar-refractivity contribution in [1.29, 1.82) is 0 Å². The third-order valence-electron chi connectivity index (χ3n) is 2.98. The van der Waals surface area contributed by atoms with Crippen molar-refractivity contribution >= 4 is 0 Å². The molecule has 0 fully saturated rings. The zero-order valence-corrected chi connectivity index (χ0v) is 10.6. The normalized spacial score (nSPS) is 12.5. The number of hydrogen-bond acceptors (Lipinski definition) is 3. The van der Waals surface area contributed by atoms with Crippen LogP contribution in [-0.2, 0) is 13.0 Å². The van der Waals surface area contributed by atoms with Crippen LogP contribution in [0.5, 0.6) is 5.75 Å².